The first-order chi connectivity index (χ1) is 11.4. The molecule has 1 N–H and O–H groups in total. The van der Waals surface area contributed by atoms with E-state index in [9.17, 15) is 5.11 Å². The summed E-state index contributed by atoms with van der Waals surface area (Å²) < 4.78 is 0. The molecule has 5 heteroatoms. The maximum absolute atomic E-state index is 10.2. The molecule has 2 atom stereocenters. The van der Waals surface area contributed by atoms with Crippen molar-refractivity contribution in [3.8, 4) is 0 Å². The summed E-state index contributed by atoms with van der Waals surface area (Å²) in [6.45, 7) is 9.59. The third-order valence-corrected chi connectivity index (χ3v) is 5.10. The molecule has 0 saturated carbocycles. The summed E-state index contributed by atoms with van der Waals surface area (Å²) in [5.41, 5.74) is 3.87. The van der Waals surface area contributed by atoms with Crippen molar-refractivity contribution < 1.29 is 5.11 Å². The van der Waals surface area contributed by atoms with E-state index >= 15 is 0 Å². The minimum atomic E-state index is -0.299. The molecule has 0 fully saturated rings. The van der Waals surface area contributed by atoms with Gasteiger partial charge in [0.2, 0.25) is 0 Å². The van der Waals surface area contributed by atoms with Gasteiger partial charge in [0, 0.05) is 6.42 Å². The van der Waals surface area contributed by atoms with E-state index in [2.05, 4.69) is 54.4 Å². The van der Waals surface area contributed by atoms with Gasteiger partial charge in [0.15, 0.2) is 5.82 Å². The predicted molar refractivity (Wildman–Crippen MR) is 93.7 cm³/mol. The minimum absolute atomic E-state index is 0.137. The highest BCUT2D eigenvalue weighted by Crippen LogP contribution is 2.41. The molecule has 1 aliphatic rings. The maximum atomic E-state index is 10.2. The van der Waals surface area contributed by atoms with E-state index in [1.165, 1.54) is 11.1 Å². The number of hydrogen-bond donors (Lipinski definition) is 1. The van der Waals surface area contributed by atoms with E-state index in [-0.39, 0.29) is 11.5 Å². The quantitative estimate of drug-likeness (QED) is 0.913. The highest BCUT2D eigenvalue weighted by molar-refractivity contribution is 5.39. The van der Waals surface area contributed by atoms with Crippen LogP contribution in [0.2, 0.25) is 0 Å². The van der Waals surface area contributed by atoms with Gasteiger partial charge in [-0.05, 0) is 59.4 Å². The molecule has 2 aromatic rings. The van der Waals surface area contributed by atoms with Crippen LogP contribution < -0.4 is 0 Å². The molecule has 1 aliphatic carbocycles. The molecule has 0 amide bonds. The number of hydrogen-bond acceptors (Lipinski definition) is 4. The normalized spacial score (nSPS) is 18.6. The Morgan fingerprint density at radius 1 is 1.33 bits per heavy atom. The number of tetrazole rings is 1. The Hall–Kier alpha value is -1.75. The van der Waals surface area contributed by atoms with E-state index in [0.717, 1.165) is 43.6 Å². The Morgan fingerprint density at radius 3 is 2.79 bits per heavy atom. The van der Waals surface area contributed by atoms with E-state index in [4.69, 9.17) is 0 Å². The monoisotopic (exact) mass is 328 g/mol. The van der Waals surface area contributed by atoms with Crippen molar-refractivity contribution >= 4 is 0 Å². The van der Waals surface area contributed by atoms with E-state index < -0.39 is 0 Å². The largest absolute Gasteiger partial charge is 0.388 e. The SMILES string of the molecule is CCn1nnc(CCC(c2ccc3c(c2)C(O)CC3)C(C)(C)C)n1. The topological polar surface area (TPSA) is 63.8 Å². The second-order valence-corrected chi connectivity index (χ2v) is 7.86. The summed E-state index contributed by atoms with van der Waals surface area (Å²) >= 11 is 0. The van der Waals surface area contributed by atoms with Crippen LogP contribution >= 0.6 is 0 Å². The van der Waals surface area contributed by atoms with Gasteiger partial charge in [0.25, 0.3) is 0 Å². The van der Waals surface area contributed by atoms with Crippen LogP contribution in [-0.4, -0.2) is 25.3 Å². The van der Waals surface area contributed by atoms with Gasteiger partial charge < -0.3 is 5.11 Å². The molecule has 1 aromatic heterocycles. The van der Waals surface area contributed by atoms with Crippen LogP contribution in [0.25, 0.3) is 0 Å². The fourth-order valence-electron chi connectivity index (χ4n) is 3.70. The van der Waals surface area contributed by atoms with E-state index in [1.807, 2.05) is 6.92 Å². The second-order valence-electron chi connectivity index (χ2n) is 7.86. The van der Waals surface area contributed by atoms with Gasteiger partial charge in [-0.25, -0.2) is 0 Å². The standard InChI is InChI=1S/C19H28N4O/c1-5-23-21-18(20-22-23)11-9-16(19(2,3)4)14-7-6-13-8-10-17(24)15(13)12-14/h6-7,12,16-17,24H,5,8-11H2,1-4H3. The third kappa shape index (κ3) is 3.51. The van der Waals surface area contributed by atoms with Crippen molar-refractivity contribution in [3.05, 3.63) is 40.7 Å². The highest BCUT2D eigenvalue weighted by Gasteiger charge is 2.29. The highest BCUT2D eigenvalue weighted by atomic mass is 16.3. The number of rotatable bonds is 5. The van der Waals surface area contributed by atoms with Gasteiger partial charge in [-0.3, -0.25) is 0 Å². The predicted octanol–water partition coefficient (Wildman–Crippen LogP) is 3.44. The van der Waals surface area contributed by atoms with Crippen LogP contribution in [0.4, 0.5) is 0 Å². The Morgan fingerprint density at radius 2 is 2.12 bits per heavy atom. The lowest BCUT2D eigenvalue weighted by molar-refractivity contribution is 0.179. The first-order valence-electron chi connectivity index (χ1n) is 8.96. The van der Waals surface area contributed by atoms with Gasteiger partial charge in [0.1, 0.15) is 0 Å². The smallest absolute Gasteiger partial charge is 0.174 e. The molecule has 1 heterocycles. The van der Waals surface area contributed by atoms with Crippen LogP contribution in [0, 0.1) is 5.41 Å². The van der Waals surface area contributed by atoms with E-state index in [0.29, 0.717) is 5.92 Å². The van der Waals surface area contributed by atoms with Crippen molar-refractivity contribution in [3.63, 3.8) is 0 Å². The summed E-state index contributed by atoms with van der Waals surface area (Å²) in [6.07, 6.45) is 3.34. The van der Waals surface area contributed by atoms with Gasteiger partial charge in [-0.1, -0.05) is 39.0 Å². The Labute approximate surface area is 144 Å². The van der Waals surface area contributed by atoms with E-state index in [1.54, 1.807) is 4.80 Å². The molecule has 5 nitrogen and oxygen atoms in total. The lowest BCUT2D eigenvalue weighted by Crippen LogP contribution is -2.20. The zero-order chi connectivity index (χ0) is 17.3. The van der Waals surface area contributed by atoms with Crippen LogP contribution in [0.15, 0.2) is 18.2 Å². The Kier molecular flexibility index (Phi) is 4.72. The van der Waals surface area contributed by atoms with Crippen molar-refractivity contribution in [1.82, 2.24) is 20.2 Å². The molecule has 0 spiro atoms. The molecule has 3 rings (SSSR count). The van der Waals surface area contributed by atoms with Crippen molar-refractivity contribution in [2.75, 3.05) is 0 Å². The lowest BCUT2D eigenvalue weighted by atomic mass is 9.73. The number of aliphatic hydroxyl groups excluding tert-OH is 1. The van der Waals surface area contributed by atoms with Gasteiger partial charge in [-0.15, -0.1) is 10.2 Å². The Bertz CT molecular complexity index is 702. The molecule has 0 aliphatic heterocycles. The summed E-state index contributed by atoms with van der Waals surface area (Å²) in [4.78, 5) is 1.63. The molecule has 2 unspecified atom stereocenters. The summed E-state index contributed by atoms with van der Waals surface area (Å²) in [6, 6.07) is 6.66. The Balaban J connectivity index is 1.81. The molecule has 1 aromatic carbocycles. The number of aromatic nitrogens is 4. The van der Waals surface area contributed by atoms with Crippen LogP contribution in [-0.2, 0) is 19.4 Å². The number of benzene rings is 1. The summed E-state index contributed by atoms with van der Waals surface area (Å²) in [5, 5.41) is 22.8. The van der Waals surface area contributed by atoms with Gasteiger partial charge in [0.05, 0.1) is 12.6 Å². The number of nitrogens with zero attached hydrogens (tertiary/aromatic N) is 4. The van der Waals surface area contributed by atoms with Crippen molar-refractivity contribution in [2.24, 2.45) is 5.41 Å². The van der Waals surface area contributed by atoms with Gasteiger partial charge in [-0.2, -0.15) is 4.80 Å². The molecule has 24 heavy (non-hydrogen) atoms. The summed E-state index contributed by atoms with van der Waals surface area (Å²) in [7, 11) is 0. The second kappa shape index (κ2) is 6.63. The van der Waals surface area contributed by atoms with Crippen molar-refractivity contribution in [1.29, 1.82) is 0 Å². The van der Waals surface area contributed by atoms with Crippen LogP contribution in [0.3, 0.4) is 0 Å². The number of fused-ring (bicyclic) bond motifs is 1. The number of aliphatic hydroxyl groups is 1. The molecule has 0 radical (unpaired) electrons. The van der Waals surface area contributed by atoms with Gasteiger partial charge >= 0.3 is 0 Å². The first-order valence-corrected chi connectivity index (χ1v) is 8.96. The molecule has 0 bridgehead atoms. The van der Waals surface area contributed by atoms with Crippen molar-refractivity contribution in [2.45, 2.75) is 71.9 Å². The molecular formula is C19H28N4O. The molecule has 0 saturated heterocycles. The number of aryl methyl sites for hydroxylation is 3. The fraction of sp³-hybridized carbons (Fsp3) is 0.632. The lowest BCUT2D eigenvalue weighted by Gasteiger charge is -2.31. The average molecular weight is 328 g/mol. The molecular weight excluding hydrogens is 300 g/mol. The minimum Gasteiger partial charge on any atom is -0.388 e. The fourth-order valence-corrected chi connectivity index (χ4v) is 3.70. The maximum Gasteiger partial charge on any atom is 0.174 e. The molecule has 130 valence electrons. The zero-order valence-electron chi connectivity index (χ0n) is 15.2. The first kappa shape index (κ1) is 17.1. The third-order valence-electron chi connectivity index (χ3n) is 5.10. The zero-order valence-corrected chi connectivity index (χ0v) is 15.2. The van der Waals surface area contributed by atoms with Crippen LogP contribution in [0.1, 0.15) is 75.1 Å². The summed E-state index contributed by atoms with van der Waals surface area (Å²) in [5.74, 6) is 1.21. The van der Waals surface area contributed by atoms with Crippen LogP contribution in [0.5, 0.6) is 0 Å². The average Bonchev–Trinajstić information content (AvgIpc) is 3.13.